The lowest BCUT2D eigenvalue weighted by atomic mass is 9.84. The second kappa shape index (κ2) is 7.13. The van der Waals surface area contributed by atoms with Gasteiger partial charge in [0.15, 0.2) is 5.60 Å². The van der Waals surface area contributed by atoms with Crippen LogP contribution in [0.25, 0.3) is 0 Å². The number of hydrogen-bond donors (Lipinski definition) is 1. The van der Waals surface area contributed by atoms with Crippen molar-refractivity contribution in [2.24, 2.45) is 5.92 Å². The van der Waals surface area contributed by atoms with Gasteiger partial charge in [0.25, 0.3) is 0 Å². The second-order valence-electron chi connectivity index (χ2n) is 5.71. The van der Waals surface area contributed by atoms with Crippen molar-refractivity contribution in [2.45, 2.75) is 18.4 Å². The topological polar surface area (TPSA) is 20.2 Å². The van der Waals surface area contributed by atoms with E-state index in [9.17, 15) is 5.11 Å². The number of benzene rings is 1. The van der Waals surface area contributed by atoms with Crippen LogP contribution in [0.5, 0.6) is 0 Å². The predicted molar refractivity (Wildman–Crippen MR) is 95.5 cm³/mol. The van der Waals surface area contributed by atoms with E-state index in [1.807, 2.05) is 72.9 Å². The summed E-state index contributed by atoms with van der Waals surface area (Å²) in [6.45, 7) is 0. The van der Waals surface area contributed by atoms with E-state index in [1.54, 1.807) is 0 Å². The molecular formula is C22H20O. The molecule has 0 fully saturated rings. The SMILES string of the molecule is OC(C#CC1C=CC=CC1)(C1=CC=CC=CC1)c1ccccc1. The molecule has 0 heterocycles. The Kier molecular flexibility index (Phi) is 4.76. The van der Waals surface area contributed by atoms with Crippen LogP contribution in [0.2, 0.25) is 0 Å². The number of hydrogen-bond acceptors (Lipinski definition) is 1. The summed E-state index contributed by atoms with van der Waals surface area (Å²) in [5.74, 6) is 6.58. The molecule has 114 valence electrons. The van der Waals surface area contributed by atoms with Crippen LogP contribution >= 0.6 is 0 Å². The molecule has 2 aliphatic rings. The van der Waals surface area contributed by atoms with Gasteiger partial charge in [0, 0.05) is 11.5 Å². The first-order valence-corrected chi connectivity index (χ1v) is 7.96. The van der Waals surface area contributed by atoms with Crippen molar-refractivity contribution in [1.82, 2.24) is 0 Å². The van der Waals surface area contributed by atoms with Crippen molar-refractivity contribution in [3.05, 3.63) is 96.2 Å². The Labute approximate surface area is 138 Å². The van der Waals surface area contributed by atoms with E-state index in [1.165, 1.54) is 0 Å². The van der Waals surface area contributed by atoms with Gasteiger partial charge in [-0.25, -0.2) is 0 Å². The van der Waals surface area contributed by atoms with Crippen LogP contribution in [-0.4, -0.2) is 5.11 Å². The van der Waals surface area contributed by atoms with Gasteiger partial charge in [0.1, 0.15) is 0 Å². The molecule has 0 saturated carbocycles. The molecular weight excluding hydrogens is 280 g/mol. The van der Waals surface area contributed by atoms with Gasteiger partial charge in [-0.05, 0) is 18.4 Å². The first-order valence-electron chi connectivity index (χ1n) is 7.96. The lowest BCUT2D eigenvalue weighted by Crippen LogP contribution is -2.26. The summed E-state index contributed by atoms with van der Waals surface area (Å²) < 4.78 is 0. The fourth-order valence-corrected chi connectivity index (χ4v) is 2.75. The predicted octanol–water partition coefficient (Wildman–Crippen LogP) is 4.45. The molecule has 1 nitrogen and oxygen atoms in total. The zero-order valence-electron chi connectivity index (χ0n) is 13.0. The minimum Gasteiger partial charge on any atom is -0.370 e. The van der Waals surface area contributed by atoms with Gasteiger partial charge >= 0.3 is 0 Å². The summed E-state index contributed by atoms with van der Waals surface area (Å²) in [6, 6.07) is 9.70. The lowest BCUT2D eigenvalue weighted by molar-refractivity contribution is 0.138. The third kappa shape index (κ3) is 3.62. The van der Waals surface area contributed by atoms with Crippen molar-refractivity contribution in [3.8, 4) is 11.8 Å². The number of allylic oxidation sites excluding steroid dienone is 9. The van der Waals surface area contributed by atoms with Crippen LogP contribution in [0.3, 0.4) is 0 Å². The van der Waals surface area contributed by atoms with Gasteiger partial charge in [-0.3, -0.25) is 0 Å². The van der Waals surface area contributed by atoms with Crippen molar-refractivity contribution in [2.75, 3.05) is 0 Å². The Morgan fingerprint density at radius 3 is 2.57 bits per heavy atom. The summed E-state index contributed by atoms with van der Waals surface area (Å²) >= 11 is 0. The largest absolute Gasteiger partial charge is 0.370 e. The maximum Gasteiger partial charge on any atom is 0.173 e. The standard InChI is InChI=1S/C22H20O/c23-22(21-15-9-4-10-16-21,20-13-7-1-2-8-14-20)18-17-19-11-5-3-6-12-19/h1-11,13,15-16,19,23H,12,14H2. The highest BCUT2D eigenvalue weighted by molar-refractivity contribution is 5.45. The molecule has 23 heavy (non-hydrogen) atoms. The normalized spacial score (nSPS) is 21.8. The molecule has 0 amide bonds. The molecule has 1 aromatic rings. The first-order chi connectivity index (χ1) is 11.3. The summed E-state index contributed by atoms with van der Waals surface area (Å²) in [5, 5.41) is 11.4. The Morgan fingerprint density at radius 2 is 1.78 bits per heavy atom. The molecule has 1 N–H and O–H groups in total. The molecule has 2 aliphatic carbocycles. The Hall–Kier alpha value is -2.56. The van der Waals surface area contributed by atoms with Crippen molar-refractivity contribution >= 4 is 0 Å². The Morgan fingerprint density at radius 1 is 0.957 bits per heavy atom. The summed E-state index contributed by atoms with van der Waals surface area (Å²) in [4.78, 5) is 0. The van der Waals surface area contributed by atoms with E-state index in [-0.39, 0.29) is 5.92 Å². The van der Waals surface area contributed by atoms with Gasteiger partial charge in [0.05, 0.1) is 0 Å². The summed E-state index contributed by atoms with van der Waals surface area (Å²) in [6.07, 6.45) is 19.8. The van der Waals surface area contributed by atoms with E-state index in [4.69, 9.17) is 0 Å². The average molecular weight is 300 g/mol. The maximum atomic E-state index is 11.4. The van der Waals surface area contributed by atoms with Crippen LogP contribution < -0.4 is 0 Å². The molecule has 0 aromatic heterocycles. The Balaban J connectivity index is 2.00. The average Bonchev–Trinajstić information content (AvgIpc) is 2.91. The number of aliphatic hydroxyl groups is 1. The van der Waals surface area contributed by atoms with Crippen molar-refractivity contribution in [1.29, 1.82) is 0 Å². The minimum absolute atomic E-state index is 0.160. The van der Waals surface area contributed by atoms with Gasteiger partial charge in [-0.2, -0.15) is 0 Å². The van der Waals surface area contributed by atoms with Gasteiger partial charge in [-0.1, -0.05) is 96.9 Å². The molecule has 0 saturated heterocycles. The highest BCUT2D eigenvalue weighted by atomic mass is 16.3. The van der Waals surface area contributed by atoms with Gasteiger partial charge in [-0.15, -0.1) is 0 Å². The monoisotopic (exact) mass is 300 g/mol. The van der Waals surface area contributed by atoms with E-state index in [0.717, 1.165) is 17.6 Å². The highest BCUT2D eigenvalue weighted by Gasteiger charge is 2.31. The summed E-state index contributed by atoms with van der Waals surface area (Å²) in [7, 11) is 0. The number of rotatable bonds is 2. The first kappa shape index (κ1) is 15.3. The quantitative estimate of drug-likeness (QED) is 0.800. The smallest absolute Gasteiger partial charge is 0.173 e. The zero-order chi connectivity index (χ0) is 16.0. The second-order valence-corrected chi connectivity index (χ2v) is 5.71. The molecule has 1 heteroatoms. The summed E-state index contributed by atoms with van der Waals surface area (Å²) in [5.41, 5.74) is 0.462. The fourth-order valence-electron chi connectivity index (χ4n) is 2.75. The lowest BCUT2D eigenvalue weighted by Gasteiger charge is -2.26. The minimum atomic E-state index is -1.25. The third-order valence-corrected chi connectivity index (χ3v) is 4.07. The van der Waals surface area contributed by atoms with E-state index < -0.39 is 5.60 Å². The van der Waals surface area contributed by atoms with Gasteiger partial charge < -0.3 is 5.11 Å². The molecule has 0 bridgehead atoms. The molecule has 3 rings (SSSR count). The molecule has 0 spiro atoms. The van der Waals surface area contributed by atoms with Crippen molar-refractivity contribution in [3.63, 3.8) is 0 Å². The van der Waals surface area contributed by atoms with Crippen molar-refractivity contribution < 1.29 is 5.11 Å². The molecule has 2 atom stereocenters. The molecule has 0 aliphatic heterocycles. The molecule has 2 unspecified atom stereocenters. The van der Waals surface area contributed by atoms with Crippen LogP contribution in [-0.2, 0) is 5.60 Å². The fraction of sp³-hybridized carbons (Fsp3) is 0.182. The van der Waals surface area contributed by atoms with E-state index in [2.05, 4.69) is 24.0 Å². The molecule has 1 aromatic carbocycles. The van der Waals surface area contributed by atoms with E-state index >= 15 is 0 Å². The third-order valence-electron chi connectivity index (χ3n) is 4.07. The molecule has 0 radical (unpaired) electrons. The Bertz CT molecular complexity index is 750. The van der Waals surface area contributed by atoms with Crippen LogP contribution in [0.15, 0.2) is 90.6 Å². The maximum absolute atomic E-state index is 11.4. The van der Waals surface area contributed by atoms with Crippen LogP contribution in [0.4, 0.5) is 0 Å². The van der Waals surface area contributed by atoms with E-state index in [0.29, 0.717) is 6.42 Å². The zero-order valence-corrected chi connectivity index (χ0v) is 13.0. The van der Waals surface area contributed by atoms with Crippen LogP contribution in [0.1, 0.15) is 18.4 Å². The highest BCUT2D eigenvalue weighted by Crippen LogP contribution is 2.32. The van der Waals surface area contributed by atoms with Crippen LogP contribution in [0, 0.1) is 17.8 Å². The van der Waals surface area contributed by atoms with Gasteiger partial charge in [0.2, 0.25) is 0 Å².